The number of para-hydroxylation sites is 2. The Balaban J connectivity index is 1.00. The van der Waals surface area contributed by atoms with Gasteiger partial charge in [0.2, 0.25) is 0 Å². The van der Waals surface area contributed by atoms with Crippen LogP contribution in [0.25, 0.3) is 49.7 Å². The van der Waals surface area contributed by atoms with Gasteiger partial charge >= 0.3 is 0 Å². The van der Waals surface area contributed by atoms with Crippen LogP contribution in [-0.2, 0) is 0 Å². The molecule has 2 heterocycles. The number of hydrogen-bond acceptors (Lipinski definition) is 2. The smallest absolute Gasteiger partial charge is 0.165 e. The minimum atomic E-state index is -0.260. The van der Waals surface area contributed by atoms with Gasteiger partial charge in [-0.25, -0.2) is 0 Å². The molecule has 0 N–H and O–H groups in total. The molecule has 0 bridgehead atoms. The summed E-state index contributed by atoms with van der Waals surface area (Å²) >= 11 is 0. The lowest BCUT2D eigenvalue weighted by atomic mass is 9.94. The van der Waals surface area contributed by atoms with E-state index in [9.17, 15) is 0 Å². The highest BCUT2D eigenvalue weighted by Gasteiger charge is 2.21. The van der Waals surface area contributed by atoms with Crippen molar-refractivity contribution in [3.05, 3.63) is 199 Å². The van der Waals surface area contributed by atoms with Crippen LogP contribution in [0.4, 0.5) is 0 Å². The topological polar surface area (TPSA) is 29.6 Å². The predicted octanol–water partition coefficient (Wildman–Crippen LogP) is 11.5. The summed E-state index contributed by atoms with van der Waals surface area (Å²) in [5.41, 5.74) is 13.9. The zero-order chi connectivity index (χ0) is 32.6. The molecule has 1 aliphatic heterocycles. The SMILES string of the molecule is c1ccc(C2=NC(c3ccccc3)N=C(c3cccc(-c4ccc(-c5ccc(-n6c7ccccc7c7ccccc76)cc5)cc4)c3)C2)cc1. The number of rotatable bonds is 6. The maximum absolute atomic E-state index is 5.17. The van der Waals surface area contributed by atoms with Gasteiger partial charge < -0.3 is 4.57 Å². The van der Waals surface area contributed by atoms with E-state index in [0.29, 0.717) is 6.42 Å². The van der Waals surface area contributed by atoms with Gasteiger partial charge in [-0.2, -0.15) is 0 Å². The third-order valence-electron chi connectivity index (χ3n) is 9.55. The first kappa shape index (κ1) is 28.9. The summed E-state index contributed by atoms with van der Waals surface area (Å²) in [6.07, 6.45) is 0.435. The summed E-state index contributed by atoms with van der Waals surface area (Å²) in [7, 11) is 0. The van der Waals surface area contributed by atoms with E-state index < -0.39 is 0 Å². The molecule has 0 spiro atoms. The van der Waals surface area contributed by atoms with Crippen LogP contribution in [0, 0.1) is 0 Å². The first-order chi connectivity index (χ1) is 24.3. The van der Waals surface area contributed by atoms with Crippen LogP contribution in [0.2, 0.25) is 0 Å². The van der Waals surface area contributed by atoms with Crippen molar-refractivity contribution in [2.75, 3.05) is 0 Å². The Morgan fingerprint density at radius 3 is 1.49 bits per heavy atom. The normalized spacial score (nSPS) is 14.5. The monoisotopic (exact) mass is 627 g/mol. The van der Waals surface area contributed by atoms with E-state index in [-0.39, 0.29) is 6.17 Å². The van der Waals surface area contributed by atoms with Gasteiger partial charge in [0.05, 0.1) is 22.5 Å². The van der Waals surface area contributed by atoms with Crippen LogP contribution in [0.5, 0.6) is 0 Å². The summed E-state index contributed by atoms with van der Waals surface area (Å²) in [4.78, 5) is 10.3. The molecule has 8 aromatic rings. The molecule has 1 aliphatic rings. The Labute approximate surface area is 286 Å². The van der Waals surface area contributed by atoms with Gasteiger partial charge in [0, 0.05) is 22.9 Å². The molecule has 9 rings (SSSR count). The van der Waals surface area contributed by atoms with Crippen LogP contribution in [0.15, 0.2) is 192 Å². The third-order valence-corrected chi connectivity index (χ3v) is 9.55. The summed E-state index contributed by atoms with van der Waals surface area (Å²) < 4.78 is 2.36. The molecule has 0 fully saturated rings. The quantitative estimate of drug-likeness (QED) is 0.176. The highest BCUT2D eigenvalue weighted by molar-refractivity contribution is 6.19. The second-order valence-electron chi connectivity index (χ2n) is 12.6. The van der Waals surface area contributed by atoms with Gasteiger partial charge in [0.15, 0.2) is 6.17 Å². The molecular formula is C46H33N3. The molecule has 0 saturated carbocycles. The van der Waals surface area contributed by atoms with Crippen LogP contribution >= 0.6 is 0 Å². The van der Waals surface area contributed by atoms with E-state index in [1.165, 1.54) is 44.1 Å². The average molecular weight is 628 g/mol. The van der Waals surface area contributed by atoms with Crippen LogP contribution < -0.4 is 0 Å². The summed E-state index contributed by atoms with van der Waals surface area (Å²) in [5.74, 6) is 0. The molecule has 7 aromatic carbocycles. The molecule has 0 radical (unpaired) electrons. The fourth-order valence-electron chi connectivity index (χ4n) is 7.07. The number of hydrogen-bond donors (Lipinski definition) is 0. The summed E-state index contributed by atoms with van der Waals surface area (Å²) in [6, 6.07) is 64.7. The fourth-order valence-corrected chi connectivity index (χ4v) is 7.07. The molecule has 1 unspecified atom stereocenters. The zero-order valence-corrected chi connectivity index (χ0v) is 26.9. The lowest BCUT2D eigenvalue weighted by Crippen LogP contribution is -2.18. The Hall–Kier alpha value is -6.32. The van der Waals surface area contributed by atoms with Crippen molar-refractivity contribution in [1.82, 2.24) is 4.57 Å². The van der Waals surface area contributed by atoms with Crippen molar-refractivity contribution in [2.45, 2.75) is 12.6 Å². The van der Waals surface area contributed by atoms with Gasteiger partial charge in [0.25, 0.3) is 0 Å². The highest BCUT2D eigenvalue weighted by Crippen LogP contribution is 2.34. The maximum atomic E-state index is 5.17. The van der Waals surface area contributed by atoms with Crippen molar-refractivity contribution in [1.29, 1.82) is 0 Å². The van der Waals surface area contributed by atoms with E-state index in [2.05, 4.69) is 174 Å². The van der Waals surface area contributed by atoms with Crippen molar-refractivity contribution < 1.29 is 0 Å². The lowest BCUT2D eigenvalue weighted by molar-refractivity contribution is 0.764. The predicted molar refractivity (Wildman–Crippen MR) is 205 cm³/mol. The maximum Gasteiger partial charge on any atom is 0.165 e. The number of benzene rings is 7. The number of fused-ring (bicyclic) bond motifs is 3. The van der Waals surface area contributed by atoms with Crippen LogP contribution in [0.1, 0.15) is 29.3 Å². The minimum Gasteiger partial charge on any atom is -0.309 e. The number of aliphatic imine (C=N–C) groups is 2. The van der Waals surface area contributed by atoms with Crippen molar-refractivity contribution in [3.63, 3.8) is 0 Å². The van der Waals surface area contributed by atoms with Gasteiger partial charge in [-0.15, -0.1) is 0 Å². The molecule has 3 nitrogen and oxygen atoms in total. The standard InChI is InChI=1S/C46H33N3/c1-3-12-35(13-4-1)42-31-43(48-46(47-42)36-14-5-2-6-15-36)38-17-11-16-37(30-38)34-24-22-32(23-25-34)33-26-28-39(29-27-33)49-44-20-9-7-18-40(44)41-19-8-10-21-45(41)49/h1-30,46H,31H2. The Kier molecular flexibility index (Phi) is 7.29. The number of aromatic nitrogens is 1. The van der Waals surface area contributed by atoms with E-state index in [1.807, 2.05) is 12.1 Å². The molecule has 0 saturated heterocycles. The molecular weight excluding hydrogens is 595 g/mol. The van der Waals surface area contributed by atoms with Crippen molar-refractivity contribution in [3.8, 4) is 27.9 Å². The fraction of sp³-hybridized carbons (Fsp3) is 0.0435. The molecule has 3 heteroatoms. The zero-order valence-electron chi connectivity index (χ0n) is 26.9. The molecule has 1 aromatic heterocycles. The molecule has 1 atom stereocenters. The van der Waals surface area contributed by atoms with Crippen LogP contribution in [-0.4, -0.2) is 16.0 Å². The average Bonchev–Trinajstić information content (AvgIpc) is 3.53. The first-order valence-corrected chi connectivity index (χ1v) is 16.8. The van der Waals surface area contributed by atoms with E-state index in [4.69, 9.17) is 9.98 Å². The van der Waals surface area contributed by atoms with Gasteiger partial charge in [0.1, 0.15) is 0 Å². The van der Waals surface area contributed by atoms with E-state index in [0.717, 1.165) is 33.8 Å². The minimum absolute atomic E-state index is 0.260. The Morgan fingerprint density at radius 1 is 0.388 bits per heavy atom. The molecule has 232 valence electrons. The third kappa shape index (κ3) is 5.46. The summed E-state index contributed by atoms with van der Waals surface area (Å²) in [5, 5.41) is 2.55. The Morgan fingerprint density at radius 2 is 0.857 bits per heavy atom. The second kappa shape index (κ2) is 12.4. The largest absolute Gasteiger partial charge is 0.309 e. The molecule has 0 amide bonds. The first-order valence-electron chi connectivity index (χ1n) is 16.8. The van der Waals surface area contributed by atoms with Gasteiger partial charge in [-0.1, -0.05) is 152 Å². The van der Waals surface area contributed by atoms with Gasteiger partial charge in [-0.3, -0.25) is 9.98 Å². The van der Waals surface area contributed by atoms with E-state index >= 15 is 0 Å². The Bertz CT molecular complexity index is 2430. The molecule has 49 heavy (non-hydrogen) atoms. The van der Waals surface area contributed by atoms with E-state index in [1.54, 1.807) is 0 Å². The highest BCUT2D eigenvalue weighted by atomic mass is 15.0. The number of nitrogens with zero attached hydrogens (tertiary/aromatic N) is 3. The molecule has 0 aliphatic carbocycles. The van der Waals surface area contributed by atoms with Gasteiger partial charge in [-0.05, 0) is 69.3 Å². The van der Waals surface area contributed by atoms with Crippen LogP contribution in [0.3, 0.4) is 0 Å². The lowest BCUT2D eigenvalue weighted by Gasteiger charge is -2.21. The second-order valence-corrected chi connectivity index (χ2v) is 12.6. The van der Waals surface area contributed by atoms with Crippen molar-refractivity contribution in [2.24, 2.45) is 9.98 Å². The summed E-state index contributed by atoms with van der Waals surface area (Å²) in [6.45, 7) is 0. The van der Waals surface area contributed by atoms with Crippen molar-refractivity contribution >= 4 is 33.2 Å².